The Morgan fingerprint density at radius 3 is 2.74 bits per heavy atom. The molecule has 102 valence electrons. The van der Waals surface area contributed by atoms with E-state index < -0.39 is 22.8 Å². The van der Waals surface area contributed by atoms with Gasteiger partial charge in [-0.15, -0.1) is 11.8 Å². The van der Waals surface area contributed by atoms with Crippen molar-refractivity contribution in [3.8, 4) is 0 Å². The third-order valence-corrected chi connectivity index (χ3v) is 4.74. The van der Waals surface area contributed by atoms with E-state index in [2.05, 4.69) is 15.0 Å². The number of thioether (sulfide) groups is 1. The lowest BCUT2D eigenvalue weighted by Gasteiger charge is -2.16. The molecule has 9 heteroatoms. The van der Waals surface area contributed by atoms with E-state index in [0.717, 1.165) is 0 Å². The van der Waals surface area contributed by atoms with Gasteiger partial charge in [-0.05, 0) is 0 Å². The molecule has 1 fully saturated rings. The van der Waals surface area contributed by atoms with Crippen molar-refractivity contribution in [3.05, 3.63) is 12.7 Å². The van der Waals surface area contributed by atoms with Gasteiger partial charge in [0.25, 0.3) is 0 Å². The molecule has 1 saturated heterocycles. The highest BCUT2D eigenvalue weighted by Crippen LogP contribution is 2.42. The predicted octanol–water partition coefficient (Wildman–Crippen LogP) is -1.26. The van der Waals surface area contributed by atoms with E-state index >= 15 is 0 Å². The minimum atomic E-state index is -1.00. The Balaban J connectivity index is 2.04. The lowest BCUT2D eigenvalue weighted by atomic mass is 10.1. The summed E-state index contributed by atoms with van der Waals surface area (Å²) in [5, 5.41) is 28.2. The number of imidazole rings is 1. The number of aliphatic hydroxyl groups excluding tert-OH is 3. The first kappa shape index (κ1) is 12.6. The third kappa shape index (κ3) is 1.86. The van der Waals surface area contributed by atoms with Gasteiger partial charge in [0.1, 0.15) is 23.3 Å². The molecule has 19 heavy (non-hydrogen) atoms. The van der Waals surface area contributed by atoms with Gasteiger partial charge in [-0.1, -0.05) is 0 Å². The Labute approximate surface area is 112 Å². The maximum absolute atomic E-state index is 10.1. The van der Waals surface area contributed by atoms with E-state index in [9.17, 15) is 10.2 Å². The normalized spacial score (nSPS) is 31.1. The molecule has 0 saturated carbocycles. The number of nitrogen functional groups attached to an aromatic ring is 1. The second-order valence-electron chi connectivity index (χ2n) is 4.31. The Kier molecular flexibility index (Phi) is 3.05. The lowest BCUT2D eigenvalue weighted by Crippen LogP contribution is -2.32. The second kappa shape index (κ2) is 4.60. The van der Waals surface area contributed by atoms with Crippen LogP contribution in [-0.4, -0.2) is 58.9 Å². The number of aromatic nitrogens is 4. The first-order valence-electron chi connectivity index (χ1n) is 5.69. The van der Waals surface area contributed by atoms with E-state index in [0.29, 0.717) is 11.2 Å². The van der Waals surface area contributed by atoms with Gasteiger partial charge >= 0.3 is 0 Å². The molecule has 0 bridgehead atoms. The summed E-state index contributed by atoms with van der Waals surface area (Å²) in [5.41, 5.74) is 6.65. The van der Waals surface area contributed by atoms with Crippen LogP contribution in [0.25, 0.3) is 11.2 Å². The van der Waals surface area contributed by atoms with Crippen LogP contribution in [0.3, 0.4) is 0 Å². The number of nitrogens with two attached hydrogens (primary N) is 1. The number of hydrogen-bond donors (Lipinski definition) is 4. The summed E-state index contributed by atoms with van der Waals surface area (Å²) in [7, 11) is 0. The van der Waals surface area contributed by atoms with Crippen LogP contribution in [0.2, 0.25) is 0 Å². The quantitative estimate of drug-likeness (QED) is 0.537. The van der Waals surface area contributed by atoms with Crippen LogP contribution >= 0.6 is 11.8 Å². The molecule has 1 aliphatic heterocycles. The Morgan fingerprint density at radius 1 is 1.26 bits per heavy atom. The van der Waals surface area contributed by atoms with E-state index in [4.69, 9.17) is 10.8 Å². The Morgan fingerprint density at radius 2 is 2.05 bits per heavy atom. The summed E-state index contributed by atoms with van der Waals surface area (Å²) in [5.74, 6) is 0.264. The maximum atomic E-state index is 10.1. The molecule has 0 amide bonds. The van der Waals surface area contributed by atoms with Crippen molar-refractivity contribution < 1.29 is 15.3 Å². The van der Waals surface area contributed by atoms with Gasteiger partial charge in [-0.2, -0.15) is 0 Å². The number of rotatable bonds is 2. The molecular weight excluding hydrogens is 270 g/mol. The monoisotopic (exact) mass is 283 g/mol. The largest absolute Gasteiger partial charge is 0.395 e. The van der Waals surface area contributed by atoms with Gasteiger partial charge in [0.2, 0.25) is 0 Å². The van der Waals surface area contributed by atoms with Gasteiger partial charge in [0.15, 0.2) is 11.5 Å². The fourth-order valence-electron chi connectivity index (χ4n) is 2.17. The summed E-state index contributed by atoms with van der Waals surface area (Å²) in [4.78, 5) is 12.1. The highest BCUT2D eigenvalue weighted by molar-refractivity contribution is 8.00. The van der Waals surface area contributed by atoms with E-state index in [1.165, 1.54) is 24.4 Å². The Bertz CT molecular complexity index is 606. The van der Waals surface area contributed by atoms with Crippen molar-refractivity contribution in [2.45, 2.75) is 22.8 Å². The number of hydrogen-bond acceptors (Lipinski definition) is 8. The lowest BCUT2D eigenvalue weighted by molar-refractivity contribution is 0.0113. The summed E-state index contributed by atoms with van der Waals surface area (Å²) in [6.45, 7) is -0.205. The van der Waals surface area contributed by atoms with Gasteiger partial charge in [0, 0.05) is 0 Å². The number of nitrogens with zero attached hydrogens (tertiary/aromatic N) is 4. The molecule has 2 aromatic heterocycles. The molecule has 5 N–H and O–H groups in total. The molecule has 8 nitrogen and oxygen atoms in total. The van der Waals surface area contributed by atoms with Crippen LogP contribution in [0.4, 0.5) is 5.82 Å². The van der Waals surface area contributed by atoms with Crippen molar-refractivity contribution in [1.82, 2.24) is 19.5 Å². The molecule has 0 radical (unpaired) electrons. The molecule has 3 heterocycles. The van der Waals surface area contributed by atoms with Crippen molar-refractivity contribution in [2.75, 3.05) is 12.3 Å². The molecule has 4 atom stereocenters. The molecule has 0 spiro atoms. The zero-order chi connectivity index (χ0) is 13.6. The van der Waals surface area contributed by atoms with Crippen LogP contribution in [0.5, 0.6) is 0 Å². The third-order valence-electron chi connectivity index (χ3n) is 3.18. The van der Waals surface area contributed by atoms with Crippen LogP contribution in [0.1, 0.15) is 5.37 Å². The average molecular weight is 283 g/mol. The van der Waals surface area contributed by atoms with Gasteiger partial charge in [-0.25, -0.2) is 15.0 Å². The van der Waals surface area contributed by atoms with Crippen molar-refractivity contribution in [3.63, 3.8) is 0 Å². The number of fused-ring (bicyclic) bond motifs is 1. The highest BCUT2D eigenvalue weighted by Gasteiger charge is 2.43. The van der Waals surface area contributed by atoms with Crippen LogP contribution in [0, 0.1) is 0 Å². The minimum Gasteiger partial charge on any atom is -0.395 e. The van der Waals surface area contributed by atoms with E-state index in [1.807, 2.05) is 0 Å². The van der Waals surface area contributed by atoms with Crippen LogP contribution < -0.4 is 5.73 Å². The first-order chi connectivity index (χ1) is 9.13. The van der Waals surface area contributed by atoms with E-state index in [1.54, 1.807) is 4.57 Å². The standard InChI is InChI=1S/C10H13N5O3S/c11-8-5-9(13-2-12-8)15(3-14-5)10-7(18)6(17)4(1-16)19-10/h2-4,6-7,10,16-18H,1H2,(H2,11,12,13)/t4-,6+,7+,10+/m0/s1. The molecule has 0 unspecified atom stereocenters. The minimum absolute atomic E-state index is 0.205. The van der Waals surface area contributed by atoms with Gasteiger partial charge in [-0.3, -0.25) is 4.57 Å². The van der Waals surface area contributed by atoms with Crippen LogP contribution in [0.15, 0.2) is 12.7 Å². The molecule has 2 aromatic rings. The topological polar surface area (TPSA) is 130 Å². The molecule has 3 rings (SSSR count). The van der Waals surface area contributed by atoms with Crippen molar-refractivity contribution >= 4 is 28.7 Å². The van der Waals surface area contributed by atoms with E-state index in [-0.39, 0.29) is 12.4 Å². The maximum Gasteiger partial charge on any atom is 0.166 e. The molecule has 1 aliphatic rings. The number of aliphatic hydroxyl groups is 3. The highest BCUT2D eigenvalue weighted by atomic mass is 32.2. The zero-order valence-corrected chi connectivity index (χ0v) is 10.6. The average Bonchev–Trinajstić information content (AvgIpc) is 2.94. The fraction of sp³-hybridized carbons (Fsp3) is 0.500. The smallest absolute Gasteiger partial charge is 0.166 e. The van der Waals surface area contributed by atoms with Crippen molar-refractivity contribution in [1.29, 1.82) is 0 Å². The van der Waals surface area contributed by atoms with Gasteiger partial charge in [0.05, 0.1) is 24.3 Å². The summed E-state index contributed by atoms with van der Waals surface area (Å²) in [6, 6.07) is 0. The van der Waals surface area contributed by atoms with Gasteiger partial charge < -0.3 is 21.1 Å². The predicted molar refractivity (Wildman–Crippen MR) is 69.3 cm³/mol. The summed E-state index contributed by atoms with van der Waals surface area (Å²) >= 11 is 1.28. The van der Waals surface area contributed by atoms with Crippen LogP contribution in [-0.2, 0) is 0 Å². The Hall–Kier alpha value is -1.42. The molecule has 0 aromatic carbocycles. The first-order valence-corrected chi connectivity index (χ1v) is 6.63. The summed E-state index contributed by atoms with van der Waals surface area (Å²) in [6.07, 6.45) is 0.831. The molecule has 0 aliphatic carbocycles. The second-order valence-corrected chi connectivity index (χ2v) is 5.67. The fourth-order valence-corrected chi connectivity index (χ4v) is 3.54. The summed E-state index contributed by atoms with van der Waals surface area (Å²) < 4.78 is 1.64. The SMILES string of the molecule is Nc1ncnc2c1ncn2[C@@H]1S[C@@H](CO)[C@@H](O)[C@H]1O. The molecular formula is C10H13N5O3S. The van der Waals surface area contributed by atoms with Crippen molar-refractivity contribution in [2.24, 2.45) is 0 Å². The zero-order valence-electron chi connectivity index (χ0n) is 9.79. The number of anilines is 1.